The number of aliphatic carboxylic acids is 3. The van der Waals surface area contributed by atoms with Crippen molar-refractivity contribution in [1.82, 2.24) is 79.4 Å². The number of thioether (sulfide) groups is 2. The predicted molar refractivity (Wildman–Crippen MR) is 460 cm³/mol. The SMILES string of the molecule is CC[C@H](C)[C@H](NC(=O)[C@H](CCSC)NC(=O)[C@H](CCC(=O)O)NC(=O)[C@H](Cc1c[nH]c2ccccc12)NC(=O)[C@@H](NC(=O)[C@H](CC(=O)O)NC(=O)[C@@H](N)C(C)C)C(C)C)C(=O)N[C@@H](CCSC)C(=O)N[C@H](C(=O)N[C@@H](CO)C(=O)N[C@@H](CC(C)C)C(=O)N[C@@H](C)C(=O)N[C@@H](CS)C(=O)N[C@@H](CCC(N)=O)C(=O)N[C@@H](Cc1ccc(O)cc1)C(=O)O)C(C)C. The van der Waals surface area contributed by atoms with Gasteiger partial charge in [0.25, 0.3) is 0 Å². The van der Waals surface area contributed by atoms with Crippen LogP contribution in [0.25, 0.3) is 10.9 Å². The molecule has 0 radical (unpaired) electrons. The first-order valence-corrected chi connectivity index (χ1v) is 43.7. The van der Waals surface area contributed by atoms with E-state index < -0.39 is 265 Å². The number of primary amides is 1. The van der Waals surface area contributed by atoms with Crippen molar-refractivity contribution in [1.29, 1.82) is 0 Å². The van der Waals surface area contributed by atoms with Gasteiger partial charge in [0.15, 0.2) is 0 Å². The van der Waals surface area contributed by atoms with Gasteiger partial charge in [-0.2, -0.15) is 36.2 Å². The van der Waals surface area contributed by atoms with Crippen molar-refractivity contribution in [2.75, 3.05) is 36.4 Å². The number of carboxylic acids is 3. The predicted octanol–water partition coefficient (Wildman–Crippen LogP) is -2.03. The number of H-pyrrole nitrogens is 1. The largest absolute Gasteiger partial charge is 0.508 e. The fourth-order valence-electron chi connectivity index (χ4n) is 12.3. The second kappa shape index (κ2) is 53.3. The number of fused-ring (bicyclic) bond motifs is 1. The molecule has 1 aromatic heterocycles. The summed E-state index contributed by atoms with van der Waals surface area (Å²) in [6, 6.07) is -10.3. The molecule has 2 aromatic carbocycles. The smallest absolute Gasteiger partial charge is 0.326 e. The van der Waals surface area contributed by atoms with Crippen molar-refractivity contribution in [2.24, 2.45) is 41.1 Å². The van der Waals surface area contributed by atoms with Crippen LogP contribution in [-0.4, -0.2) is 264 Å². The highest BCUT2D eigenvalue weighted by Gasteiger charge is 2.40. The molecule has 0 unspecified atom stereocenters. The summed E-state index contributed by atoms with van der Waals surface area (Å²) >= 11 is 6.75. The molecule has 40 nitrogen and oxygen atoms in total. The van der Waals surface area contributed by atoms with Crippen molar-refractivity contribution in [3.63, 3.8) is 0 Å². The molecule has 0 aliphatic heterocycles. The fourth-order valence-corrected chi connectivity index (χ4v) is 13.5. The minimum Gasteiger partial charge on any atom is -0.508 e. The molecule has 16 atom stereocenters. The number of carbonyl (C=O) groups is 18. The highest BCUT2D eigenvalue weighted by molar-refractivity contribution is 7.98. The average Bonchev–Trinajstić information content (AvgIpc) is 1.71. The number of rotatable bonds is 56. The van der Waals surface area contributed by atoms with Crippen LogP contribution < -0.4 is 85.9 Å². The van der Waals surface area contributed by atoms with Crippen LogP contribution in [0.4, 0.5) is 0 Å². The lowest BCUT2D eigenvalue weighted by Gasteiger charge is -2.30. The van der Waals surface area contributed by atoms with E-state index in [1.165, 1.54) is 54.7 Å². The van der Waals surface area contributed by atoms with Gasteiger partial charge in [0.05, 0.1) is 19.1 Å². The maximum absolute atomic E-state index is 14.8. The fraction of sp³-hybridized carbons (Fsp3) is 0.600. The number of carbonyl (C=O) groups excluding carboxylic acids is 15. The lowest BCUT2D eigenvalue weighted by atomic mass is 9.97. The van der Waals surface area contributed by atoms with Gasteiger partial charge in [0, 0.05) is 48.5 Å². The number of aromatic nitrogens is 1. The highest BCUT2D eigenvalue weighted by atomic mass is 32.2. The van der Waals surface area contributed by atoms with E-state index >= 15 is 0 Å². The number of benzene rings is 2. The number of hydrogen-bond acceptors (Lipinski definition) is 24. The molecular weight excluding hydrogens is 1660 g/mol. The number of amides is 15. The number of phenols is 1. The van der Waals surface area contributed by atoms with E-state index in [2.05, 4.69) is 92.0 Å². The molecule has 0 saturated heterocycles. The van der Waals surface area contributed by atoms with Gasteiger partial charge < -0.3 is 116 Å². The third-order valence-corrected chi connectivity index (χ3v) is 21.5. The van der Waals surface area contributed by atoms with E-state index in [9.17, 15) is 112 Å². The Hall–Kier alpha value is -10.8. The number of para-hydroxylation sites is 1. The van der Waals surface area contributed by atoms with E-state index in [1.54, 1.807) is 112 Å². The number of nitrogens with one attached hydrogen (secondary N) is 15. The lowest BCUT2D eigenvalue weighted by Crippen LogP contribution is -2.62. The van der Waals surface area contributed by atoms with Crippen molar-refractivity contribution >= 4 is 154 Å². The van der Waals surface area contributed by atoms with Gasteiger partial charge in [-0.3, -0.25) is 81.5 Å². The Balaban J connectivity index is 1.87. The van der Waals surface area contributed by atoms with Gasteiger partial charge in [-0.25, -0.2) is 4.79 Å². The third-order valence-electron chi connectivity index (χ3n) is 19.8. The number of aliphatic hydroxyl groups excluding tert-OH is 1. The lowest BCUT2D eigenvalue weighted by molar-refractivity contribution is -0.142. The van der Waals surface area contributed by atoms with E-state index in [-0.39, 0.29) is 61.7 Å². The van der Waals surface area contributed by atoms with Crippen LogP contribution in [0, 0.1) is 29.6 Å². The Morgan fingerprint density at radius 1 is 0.439 bits per heavy atom. The molecule has 3 rings (SSSR count). The first-order chi connectivity index (χ1) is 57.8. The van der Waals surface area contributed by atoms with Gasteiger partial charge in [0.1, 0.15) is 90.3 Å². The molecule has 15 amide bonds. The van der Waals surface area contributed by atoms with E-state index in [0.717, 1.165) is 0 Å². The quantitative estimate of drug-likeness (QED) is 0.0271. The van der Waals surface area contributed by atoms with E-state index in [4.69, 9.17) is 11.5 Å². The minimum absolute atomic E-state index is 0.0520. The topological polar surface area (TPSA) is 645 Å². The van der Waals surface area contributed by atoms with Crippen LogP contribution in [0.3, 0.4) is 0 Å². The second-order valence-corrected chi connectivity index (χ2v) is 33.6. The van der Waals surface area contributed by atoms with E-state index in [1.807, 2.05) is 0 Å². The molecular formula is C80H123N17O23S3. The van der Waals surface area contributed by atoms with Crippen molar-refractivity contribution in [2.45, 2.75) is 237 Å². The van der Waals surface area contributed by atoms with E-state index in [0.29, 0.717) is 22.0 Å². The summed E-state index contributed by atoms with van der Waals surface area (Å²) in [5.74, 6) is -21.8. The summed E-state index contributed by atoms with van der Waals surface area (Å²) in [5.41, 5.74) is 12.9. The van der Waals surface area contributed by atoms with Gasteiger partial charge in [-0.1, -0.05) is 106 Å². The molecule has 0 aliphatic rings. The number of nitrogens with two attached hydrogens (primary N) is 2. The Morgan fingerprint density at radius 2 is 0.854 bits per heavy atom. The normalized spacial score (nSPS) is 15.3. The van der Waals surface area contributed by atoms with Crippen molar-refractivity contribution in [3.05, 3.63) is 65.9 Å². The minimum atomic E-state index is -1.78. The number of thiol groups is 1. The zero-order chi connectivity index (χ0) is 92.8. The van der Waals surface area contributed by atoms with Crippen LogP contribution in [-0.2, 0) is 99.1 Å². The van der Waals surface area contributed by atoms with Crippen LogP contribution in [0.15, 0.2) is 54.7 Å². The molecule has 0 aliphatic carbocycles. The Kier molecular flexibility index (Phi) is 46.1. The standard InChI is InChI=1S/C80H123N17O23S3/c1-14-42(10)65(97-70(109)51(27-29-122-12)87-67(106)50(24-26-60(101)102)85-72(111)54(33-45-35-83-48-18-16-15-17-47(45)48)91-77(116)63(40(6)7)96-73(112)55(34-61(103)104)90-76(115)62(82)39(4)5)79(118)88-52(28-30-123-13)69(108)95-64(41(8)9)78(117)93-57(36-98)74(113)89-53(31-38(2)3)71(110)84-43(11)66(105)94-58(37-121)75(114)86-49(23-25-59(81)100)68(107)92-56(80(119)120)32-44-19-21-46(99)22-20-44/h15-22,35,38-43,49-58,62-65,83,98-99,121H,14,23-34,36-37,82H2,1-13H3,(H2,81,100)(H,84,110)(H,85,111)(H,86,114)(H,87,106)(H,88,118)(H,89,113)(H,90,115)(H,91,116)(H,92,107)(H,93,117)(H,94,105)(H,95,108)(H,96,112)(H,97,109)(H,101,102)(H,103,104)(H,119,120)/t42-,43-,49-,50-,51-,52-,53-,54-,55-,56-,57-,58-,62-,63-,64-,65-/m0/s1. The Bertz CT molecular complexity index is 4140. The molecule has 0 fully saturated rings. The number of phenolic OH excluding ortho intramolecular Hbond substituents is 1. The first kappa shape index (κ1) is 106. The van der Waals surface area contributed by atoms with Crippen LogP contribution in [0.2, 0.25) is 0 Å². The third kappa shape index (κ3) is 36.3. The summed E-state index contributed by atoms with van der Waals surface area (Å²) in [6.07, 6.45) is 1.47. The van der Waals surface area contributed by atoms with Crippen LogP contribution in [0.1, 0.15) is 145 Å². The number of aromatic amines is 1. The van der Waals surface area contributed by atoms with Gasteiger partial charge in [0.2, 0.25) is 88.6 Å². The maximum atomic E-state index is 14.8. The monoisotopic (exact) mass is 1790 g/mol. The highest BCUT2D eigenvalue weighted by Crippen LogP contribution is 2.22. The van der Waals surface area contributed by atoms with Crippen LogP contribution in [0.5, 0.6) is 5.75 Å². The number of aromatic hydroxyl groups is 1. The molecule has 0 saturated carbocycles. The Morgan fingerprint density at radius 3 is 1.33 bits per heavy atom. The summed E-state index contributed by atoms with van der Waals surface area (Å²) in [4.78, 5) is 249. The molecule has 684 valence electrons. The number of aliphatic hydroxyl groups is 1. The van der Waals surface area contributed by atoms with Crippen molar-refractivity contribution < 1.29 is 112 Å². The summed E-state index contributed by atoms with van der Waals surface area (Å²) < 4.78 is 0. The number of hydrogen-bond donors (Lipinski definition) is 23. The zero-order valence-corrected chi connectivity index (χ0v) is 73.9. The summed E-state index contributed by atoms with van der Waals surface area (Å²) in [5, 5.41) is 85.5. The second-order valence-electron chi connectivity index (χ2n) is 31.3. The molecule has 123 heavy (non-hydrogen) atoms. The van der Waals surface area contributed by atoms with Crippen molar-refractivity contribution in [3.8, 4) is 5.75 Å². The Labute approximate surface area is 727 Å². The molecule has 0 spiro atoms. The molecule has 3 aromatic rings. The van der Waals surface area contributed by atoms with Crippen LogP contribution >= 0.6 is 36.2 Å². The molecule has 1 heterocycles. The molecule has 0 bridgehead atoms. The van der Waals surface area contributed by atoms with Gasteiger partial charge >= 0.3 is 17.9 Å². The molecule has 43 heteroatoms. The van der Waals surface area contributed by atoms with Gasteiger partial charge in [-0.05, 0) is 122 Å². The average molecular weight is 1790 g/mol. The van der Waals surface area contributed by atoms with Gasteiger partial charge in [-0.15, -0.1) is 0 Å². The molecule has 24 N–H and O–H groups in total. The summed E-state index contributed by atoms with van der Waals surface area (Å²) in [7, 11) is 0. The number of carboxylic acid groups (broad SMARTS) is 3. The zero-order valence-electron chi connectivity index (χ0n) is 71.4. The summed E-state index contributed by atoms with van der Waals surface area (Å²) in [6.45, 7) is 16.4. The first-order valence-electron chi connectivity index (χ1n) is 40.3. The maximum Gasteiger partial charge on any atom is 0.326 e.